The first kappa shape index (κ1) is 21.3. The molecule has 0 atom stereocenters. The maximum absolute atomic E-state index is 12.6. The number of hydrogen-bond acceptors (Lipinski definition) is 7. The molecule has 0 amide bonds. The molecule has 3 aromatic rings. The van der Waals surface area contributed by atoms with Crippen molar-refractivity contribution in [3.63, 3.8) is 0 Å². The topological polar surface area (TPSA) is 123 Å². The molecule has 3 N–H and O–H groups in total. The van der Waals surface area contributed by atoms with Crippen LogP contribution in [0.5, 0.6) is 17.4 Å². The first-order valence-electron chi connectivity index (χ1n) is 9.07. The largest absolute Gasteiger partial charge is 0.472 e. The number of nitrogens with zero attached hydrogens (tertiary/aromatic N) is 2. The Kier molecular flexibility index (Phi) is 6.70. The van der Waals surface area contributed by atoms with Gasteiger partial charge in [-0.05, 0) is 43.7 Å². The number of nitrogens with one attached hydrogen (secondary N) is 2. The molecule has 158 valence electrons. The molecule has 9 nitrogen and oxygen atoms in total. The molecule has 1 heterocycles. The van der Waals surface area contributed by atoms with Crippen LogP contribution in [0, 0.1) is 13.8 Å². The van der Waals surface area contributed by atoms with E-state index in [0.29, 0.717) is 11.4 Å². The van der Waals surface area contributed by atoms with E-state index in [1.54, 1.807) is 42.5 Å². The molecule has 0 spiro atoms. The van der Waals surface area contributed by atoms with Gasteiger partial charge in [0.1, 0.15) is 18.7 Å². The standard InChI is InChI=1S/C20H22N4O5S/c1-14-6-8-16(9-7-14)23-30(26,27)24-19-18(20(22-13-21-19)28-11-10-25)29-17-5-3-4-15(2)12-17/h3-9,12-13,23,25H,10-11H2,1-2H3,(H,21,22,24). The SMILES string of the molecule is Cc1ccc(NS(=O)(=O)Nc2ncnc(OCCO)c2Oc2cccc(C)c2)cc1. The number of aliphatic hydroxyl groups excluding tert-OH is 1. The maximum Gasteiger partial charge on any atom is 0.322 e. The zero-order valence-corrected chi connectivity index (χ0v) is 17.3. The second kappa shape index (κ2) is 9.42. The number of hydrogen-bond donors (Lipinski definition) is 3. The van der Waals surface area contributed by atoms with E-state index in [-0.39, 0.29) is 30.7 Å². The Morgan fingerprint density at radius 2 is 1.77 bits per heavy atom. The minimum absolute atomic E-state index is 0.00593. The third kappa shape index (κ3) is 5.82. The third-order valence-electron chi connectivity index (χ3n) is 3.85. The monoisotopic (exact) mass is 430 g/mol. The lowest BCUT2D eigenvalue weighted by atomic mass is 10.2. The first-order valence-corrected chi connectivity index (χ1v) is 10.5. The summed E-state index contributed by atoms with van der Waals surface area (Å²) in [6, 6.07) is 14.0. The number of rotatable bonds is 9. The number of aliphatic hydroxyl groups is 1. The molecule has 0 aliphatic heterocycles. The molecule has 0 aliphatic carbocycles. The fourth-order valence-electron chi connectivity index (χ4n) is 2.49. The lowest BCUT2D eigenvalue weighted by Crippen LogP contribution is -2.23. The average molecular weight is 430 g/mol. The first-order chi connectivity index (χ1) is 14.4. The van der Waals surface area contributed by atoms with Crippen LogP contribution in [0.3, 0.4) is 0 Å². The summed E-state index contributed by atoms with van der Waals surface area (Å²) in [5.74, 6) is 0.309. The van der Waals surface area contributed by atoms with Crippen LogP contribution < -0.4 is 18.9 Å². The van der Waals surface area contributed by atoms with Crippen LogP contribution in [0.15, 0.2) is 54.9 Å². The zero-order valence-electron chi connectivity index (χ0n) is 16.5. The Balaban J connectivity index is 1.91. The van der Waals surface area contributed by atoms with Crippen molar-refractivity contribution in [1.82, 2.24) is 9.97 Å². The highest BCUT2D eigenvalue weighted by Gasteiger charge is 2.21. The smallest absolute Gasteiger partial charge is 0.322 e. The van der Waals surface area contributed by atoms with Gasteiger partial charge in [0.05, 0.1) is 12.3 Å². The molecule has 0 unspecified atom stereocenters. The number of aromatic nitrogens is 2. The van der Waals surface area contributed by atoms with E-state index in [4.69, 9.17) is 14.6 Å². The molecule has 0 aliphatic rings. The summed E-state index contributed by atoms with van der Waals surface area (Å²) in [6.45, 7) is 3.51. The summed E-state index contributed by atoms with van der Waals surface area (Å²) in [6.07, 6.45) is 1.14. The molecule has 0 bridgehead atoms. The lowest BCUT2D eigenvalue weighted by Gasteiger charge is -2.16. The van der Waals surface area contributed by atoms with Crippen molar-refractivity contribution in [2.75, 3.05) is 22.7 Å². The van der Waals surface area contributed by atoms with Crippen molar-refractivity contribution in [3.8, 4) is 17.4 Å². The van der Waals surface area contributed by atoms with E-state index in [2.05, 4.69) is 19.4 Å². The van der Waals surface area contributed by atoms with Crippen molar-refractivity contribution in [1.29, 1.82) is 0 Å². The van der Waals surface area contributed by atoms with E-state index < -0.39 is 10.2 Å². The van der Waals surface area contributed by atoms with Crippen LogP contribution >= 0.6 is 0 Å². The number of aryl methyl sites for hydroxylation is 2. The molecule has 1 aromatic heterocycles. The Morgan fingerprint density at radius 1 is 1.00 bits per heavy atom. The van der Waals surface area contributed by atoms with Gasteiger partial charge in [-0.25, -0.2) is 9.71 Å². The normalized spacial score (nSPS) is 11.0. The molecule has 0 fully saturated rings. The van der Waals surface area contributed by atoms with E-state index >= 15 is 0 Å². The number of benzene rings is 2. The average Bonchev–Trinajstić information content (AvgIpc) is 2.69. The third-order valence-corrected chi connectivity index (χ3v) is 4.81. The van der Waals surface area contributed by atoms with Crippen LogP contribution in [0.4, 0.5) is 11.5 Å². The van der Waals surface area contributed by atoms with Gasteiger partial charge in [0.25, 0.3) is 5.88 Å². The van der Waals surface area contributed by atoms with Crippen molar-refractivity contribution >= 4 is 21.7 Å². The van der Waals surface area contributed by atoms with Crippen LogP contribution in [0.25, 0.3) is 0 Å². The van der Waals surface area contributed by atoms with Gasteiger partial charge in [0, 0.05) is 0 Å². The fourth-order valence-corrected chi connectivity index (χ4v) is 3.39. The van der Waals surface area contributed by atoms with Crippen molar-refractivity contribution in [2.45, 2.75) is 13.8 Å². The van der Waals surface area contributed by atoms with Crippen LogP contribution in [-0.2, 0) is 10.2 Å². The Labute approximate surface area is 174 Å². The molecule has 0 saturated carbocycles. The summed E-state index contributed by atoms with van der Waals surface area (Å²) in [4.78, 5) is 7.99. The molecular weight excluding hydrogens is 408 g/mol. The summed E-state index contributed by atoms with van der Waals surface area (Å²) >= 11 is 0. The van der Waals surface area contributed by atoms with Gasteiger partial charge in [-0.2, -0.15) is 13.4 Å². The highest BCUT2D eigenvalue weighted by atomic mass is 32.2. The summed E-state index contributed by atoms with van der Waals surface area (Å²) in [7, 11) is -4.04. The van der Waals surface area contributed by atoms with Crippen LogP contribution in [-0.4, -0.2) is 36.7 Å². The fraction of sp³-hybridized carbons (Fsp3) is 0.200. The van der Waals surface area contributed by atoms with E-state index in [9.17, 15) is 8.42 Å². The lowest BCUT2D eigenvalue weighted by molar-refractivity contribution is 0.192. The zero-order chi connectivity index (χ0) is 21.6. The number of anilines is 2. The predicted octanol–water partition coefficient (Wildman–Crippen LogP) is 3.03. The Bertz CT molecular complexity index is 1100. The second-order valence-corrected chi connectivity index (χ2v) is 7.84. The maximum atomic E-state index is 12.6. The predicted molar refractivity (Wildman–Crippen MR) is 113 cm³/mol. The summed E-state index contributed by atoms with van der Waals surface area (Å²) in [5, 5.41) is 9.05. The highest BCUT2D eigenvalue weighted by molar-refractivity contribution is 7.94. The molecule has 3 rings (SSSR count). The van der Waals surface area contributed by atoms with E-state index in [1.807, 2.05) is 19.9 Å². The second-order valence-electron chi connectivity index (χ2n) is 6.42. The van der Waals surface area contributed by atoms with E-state index in [1.165, 1.54) is 0 Å². The minimum atomic E-state index is -4.04. The highest BCUT2D eigenvalue weighted by Crippen LogP contribution is 2.36. The molecule has 10 heteroatoms. The van der Waals surface area contributed by atoms with Crippen LogP contribution in [0.2, 0.25) is 0 Å². The minimum Gasteiger partial charge on any atom is -0.472 e. The summed E-state index contributed by atoms with van der Waals surface area (Å²) in [5.41, 5.74) is 2.34. The van der Waals surface area contributed by atoms with Gasteiger partial charge < -0.3 is 14.6 Å². The van der Waals surface area contributed by atoms with Crippen LogP contribution in [0.1, 0.15) is 11.1 Å². The van der Waals surface area contributed by atoms with Crippen molar-refractivity contribution in [2.24, 2.45) is 0 Å². The quantitative estimate of drug-likeness (QED) is 0.477. The van der Waals surface area contributed by atoms with Gasteiger partial charge in [-0.1, -0.05) is 29.8 Å². The van der Waals surface area contributed by atoms with Crippen molar-refractivity contribution < 1.29 is 23.0 Å². The molecular formula is C20H22N4O5S. The van der Waals surface area contributed by atoms with Gasteiger partial charge in [-0.15, -0.1) is 0 Å². The van der Waals surface area contributed by atoms with E-state index in [0.717, 1.165) is 17.5 Å². The van der Waals surface area contributed by atoms with Crippen molar-refractivity contribution in [3.05, 3.63) is 66.0 Å². The molecule has 0 saturated heterocycles. The molecule has 0 radical (unpaired) electrons. The number of ether oxygens (including phenoxy) is 2. The molecule has 2 aromatic carbocycles. The Hall–Kier alpha value is -3.37. The van der Waals surface area contributed by atoms with Gasteiger partial charge in [0.2, 0.25) is 5.75 Å². The molecule has 30 heavy (non-hydrogen) atoms. The Morgan fingerprint density at radius 3 is 2.47 bits per heavy atom. The van der Waals surface area contributed by atoms with Gasteiger partial charge in [0.15, 0.2) is 5.82 Å². The van der Waals surface area contributed by atoms with Gasteiger partial charge >= 0.3 is 10.2 Å². The summed E-state index contributed by atoms with van der Waals surface area (Å²) < 4.78 is 41.2. The van der Waals surface area contributed by atoms with Gasteiger partial charge in [-0.3, -0.25) is 4.72 Å².